The summed E-state index contributed by atoms with van der Waals surface area (Å²) in [5, 5.41) is 12.9. The lowest BCUT2D eigenvalue weighted by molar-refractivity contribution is -0.133. The fraction of sp³-hybridized carbons (Fsp3) is 0.923. The number of hydrogen-bond acceptors (Lipinski definition) is 3. The van der Waals surface area contributed by atoms with Gasteiger partial charge in [-0.15, -0.1) is 0 Å². The summed E-state index contributed by atoms with van der Waals surface area (Å²) in [5.41, 5.74) is 0. The van der Waals surface area contributed by atoms with E-state index in [0.29, 0.717) is 18.4 Å². The molecule has 2 N–H and O–H groups in total. The minimum Gasteiger partial charge on any atom is -0.393 e. The lowest BCUT2D eigenvalue weighted by Gasteiger charge is -2.33. The molecule has 17 heavy (non-hydrogen) atoms. The highest BCUT2D eigenvalue weighted by Gasteiger charge is 2.27. The van der Waals surface area contributed by atoms with Crippen molar-refractivity contribution in [2.75, 3.05) is 19.6 Å². The van der Waals surface area contributed by atoms with Crippen molar-refractivity contribution in [3.8, 4) is 0 Å². The highest BCUT2D eigenvalue weighted by molar-refractivity contribution is 5.77. The molecule has 0 spiro atoms. The van der Waals surface area contributed by atoms with E-state index < -0.39 is 0 Å². The van der Waals surface area contributed by atoms with E-state index in [1.807, 2.05) is 11.8 Å². The third kappa shape index (κ3) is 3.42. The fourth-order valence-electron chi connectivity index (χ4n) is 2.90. The molecule has 2 aliphatic heterocycles. The minimum absolute atomic E-state index is 0.233. The molecule has 2 unspecified atom stereocenters. The van der Waals surface area contributed by atoms with E-state index in [-0.39, 0.29) is 12.0 Å². The van der Waals surface area contributed by atoms with Gasteiger partial charge in [0.05, 0.1) is 6.10 Å². The normalized spacial score (nSPS) is 28.4. The molecule has 2 saturated heterocycles. The van der Waals surface area contributed by atoms with Crippen LogP contribution < -0.4 is 5.32 Å². The Labute approximate surface area is 103 Å². The minimum atomic E-state index is -0.233. The van der Waals surface area contributed by atoms with Gasteiger partial charge in [-0.05, 0) is 45.1 Å². The van der Waals surface area contributed by atoms with Gasteiger partial charge in [0.1, 0.15) is 0 Å². The lowest BCUT2D eigenvalue weighted by atomic mass is 9.92. The van der Waals surface area contributed by atoms with Crippen LogP contribution in [0.1, 0.15) is 39.0 Å². The van der Waals surface area contributed by atoms with Crippen molar-refractivity contribution in [3.63, 3.8) is 0 Å². The van der Waals surface area contributed by atoms with Crippen LogP contribution in [0.15, 0.2) is 0 Å². The molecule has 0 aromatic carbocycles. The molecule has 0 aromatic heterocycles. The molecule has 0 aromatic rings. The number of piperidine rings is 1. The average Bonchev–Trinajstić information content (AvgIpc) is 2.82. The smallest absolute Gasteiger partial charge is 0.224 e. The van der Waals surface area contributed by atoms with Gasteiger partial charge in [-0.25, -0.2) is 0 Å². The van der Waals surface area contributed by atoms with Crippen LogP contribution in [-0.4, -0.2) is 47.7 Å². The van der Waals surface area contributed by atoms with E-state index in [9.17, 15) is 9.90 Å². The third-order valence-electron chi connectivity index (χ3n) is 4.16. The Morgan fingerprint density at radius 3 is 2.65 bits per heavy atom. The first-order chi connectivity index (χ1) is 8.16. The Kier molecular flexibility index (Phi) is 4.40. The first kappa shape index (κ1) is 12.8. The quantitative estimate of drug-likeness (QED) is 0.765. The van der Waals surface area contributed by atoms with Crippen molar-refractivity contribution in [2.45, 2.75) is 51.2 Å². The summed E-state index contributed by atoms with van der Waals surface area (Å²) in [6.45, 7) is 4.55. The van der Waals surface area contributed by atoms with Crippen molar-refractivity contribution in [3.05, 3.63) is 0 Å². The summed E-state index contributed by atoms with van der Waals surface area (Å²) >= 11 is 0. The first-order valence-corrected chi connectivity index (χ1v) is 6.86. The standard InChI is InChI=1S/C13H24N2O2/c1-10(16)11-4-7-15(8-5-11)13(17)9-12-3-2-6-14-12/h10-12,14,16H,2-9H2,1H3. The van der Waals surface area contributed by atoms with E-state index in [4.69, 9.17) is 0 Å². The van der Waals surface area contributed by atoms with Gasteiger partial charge in [0.2, 0.25) is 5.91 Å². The molecule has 0 bridgehead atoms. The summed E-state index contributed by atoms with van der Waals surface area (Å²) in [5.74, 6) is 0.664. The Morgan fingerprint density at radius 1 is 1.41 bits per heavy atom. The zero-order chi connectivity index (χ0) is 12.3. The Morgan fingerprint density at radius 2 is 2.12 bits per heavy atom. The van der Waals surface area contributed by atoms with E-state index in [1.54, 1.807) is 0 Å². The summed E-state index contributed by atoms with van der Waals surface area (Å²) < 4.78 is 0. The van der Waals surface area contributed by atoms with Gasteiger partial charge in [0.15, 0.2) is 0 Å². The molecule has 0 aliphatic carbocycles. The number of likely N-dealkylation sites (tertiary alicyclic amines) is 1. The van der Waals surface area contributed by atoms with Crippen LogP contribution in [-0.2, 0) is 4.79 Å². The summed E-state index contributed by atoms with van der Waals surface area (Å²) in [6, 6.07) is 0.400. The molecule has 4 nitrogen and oxygen atoms in total. The zero-order valence-electron chi connectivity index (χ0n) is 10.7. The predicted molar refractivity (Wildman–Crippen MR) is 66.6 cm³/mol. The number of aliphatic hydroxyl groups excluding tert-OH is 1. The molecule has 0 radical (unpaired) electrons. The molecule has 4 heteroatoms. The van der Waals surface area contributed by atoms with Crippen LogP contribution in [0.4, 0.5) is 0 Å². The van der Waals surface area contributed by atoms with Crippen LogP contribution in [0.5, 0.6) is 0 Å². The maximum Gasteiger partial charge on any atom is 0.224 e. The number of nitrogens with zero attached hydrogens (tertiary/aromatic N) is 1. The topological polar surface area (TPSA) is 52.6 Å². The summed E-state index contributed by atoms with van der Waals surface area (Å²) in [6.07, 6.45) is 4.64. The van der Waals surface area contributed by atoms with Gasteiger partial charge in [-0.3, -0.25) is 4.79 Å². The molecular formula is C13H24N2O2. The summed E-state index contributed by atoms with van der Waals surface area (Å²) in [4.78, 5) is 14.0. The average molecular weight is 240 g/mol. The Bertz CT molecular complexity index is 254. The number of carbonyl (C=O) groups excluding carboxylic acids is 1. The van der Waals surface area contributed by atoms with E-state index in [0.717, 1.165) is 38.9 Å². The zero-order valence-corrected chi connectivity index (χ0v) is 10.7. The van der Waals surface area contributed by atoms with Crippen LogP contribution in [0.25, 0.3) is 0 Å². The number of amides is 1. The molecule has 2 heterocycles. The Hall–Kier alpha value is -0.610. The molecule has 1 amide bonds. The number of hydrogen-bond donors (Lipinski definition) is 2. The van der Waals surface area contributed by atoms with Crippen molar-refractivity contribution < 1.29 is 9.90 Å². The first-order valence-electron chi connectivity index (χ1n) is 6.86. The van der Waals surface area contributed by atoms with E-state index in [2.05, 4.69) is 5.32 Å². The van der Waals surface area contributed by atoms with Gasteiger partial charge in [0.25, 0.3) is 0 Å². The maximum atomic E-state index is 12.1. The van der Waals surface area contributed by atoms with E-state index in [1.165, 1.54) is 6.42 Å². The van der Waals surface area contributed by atoms with Gasteiger partial charge in [-0.1, -0.05) is 0 Å². The SMILES string of the molecule is CC(O)C1CCN(C(=O)CC2CCCN2)CC1. The predicted octanol–water partition coefficient (Wildman–Crippen LogP) is 0.748. The Balaban J connectivity index is 1.74. The van der Waals surface area contributed by atoms with Gasteiger partial charge >= 0.3 is 0 Å². The molecule has 2 fully saturated rings. The molecule has 2 rings (SSSR count). The van der Waals surface area contributed by atoms with Crippen LogP contribution in [0, 0.1) is 5.92 Å². The van der Waals surface area contributed by atoms with Crippen molar-refractivity contribution in [2.24, 2.45) is 5.92 Å². The second kappa shape index (κ2) is 5.83. The van der Waals surface area contributed by atoms with Gasteiger partial charge in [0, 0.05) is 25.6 Å². The van der Waals surface area contributed by atoms with Gasteiger partial charge < -0.3 is 15.3 Å². The maximum absolute atomic E-state index is 12.1. The summed E-state index contributed by atoms with van der Waals surface area (Å²) in [7, 11) is 0. The highest BCUT2D eigenvalue weighted by Crippen LogP contribution is 2.21. The van der Waals surface area contributed by atoms with Crippen molar-refractivity contribution >= 4 is 5.91 Å². The molecule has 2 atom stereocenters. The molecule has 98 valence electrons. The van der Waals surface area contributed by atoms with Crippen molar-refractivity contribution in [1.29, 1.82) is 0 Å². The highest BCUT2D eigenvalue weighted by atomic mass is 16.3. The number of nitrogens with one attached hydrogen (secondary N) is 1. The molecular weight excluding hydrogens is 216 g/mol. The number of aliphatic hydroxyl groups is 1. The number of carbonyl (C=O) groups is 1. The van der Waals surface area contributed by atoms with E-state index >= 15 is 0 Å². The van der Waals surface area contributed by atoms with Crippen LogP contribution >= 0.6 is 0 Å². The van der Waals surface area contributed by atoms with Crippen molar-refractivity contribution in [1.82, 2.24) is 10.2 Å². The van der Waals surface area contributed by atoms with Crippen LogP contribution in [0.3, 0.4) is 0 Å². The fourth-order valence-corrected chi connectivity index (χ4v) is 2.90. The number of rotatable bonds is 3. The largest absolute Gasteiger partial charge is 0.393 e. The monoisotopic (exact) mass is 240 g/mol. The second-order valence-electron chi connectivity index (χ2n) is 5.46. The van der Waals surface area contributed by atoms with Crippen LogP contribution in [0.2, 0.25) is 0 Å². The molecule has 2 aliphatic rings. The third-order valence-corrected chi connectivity index (χ3v) is 4.16. The van der Waals surface area contributed by atoms with Gasteiger partial charge in [-0.2, -0.15) is 0 Å². The lowest BCUT2D eigenvalue weighted by Crippen LogP contribution is -2.42. The molecule has 0 saturated carbocycles. The second-order valence-corrected chi connectivity index (χ2v) is 5.46.